The van der Waals surface area contributed by atoms with E-state index in [2.05, 4.69) is 34.2 Å². The number of rotatable bonds is 11. The molecule has 0 saturated carbocycles. The monoisotopic (exact) mass is 510 g/mol. The van der Waals surface area contributed by atoms with Gasteiger partial charge in [-0.05, 0) is 31.5 Å². The Bertz CT molecular complexity index is 665. The lowest BCUT2D eigenvalue weighted by Crippen LogP contribution is -2.41. The average molecular weight is 510 g/mol. The summed E-state index contributed by atoms with van der Waals surface area (Å²) in [6.07, 6.45) is 6.16. The van der Waals surface area contributed by atoms with Crippen LogP contribution in [0.1, 0.15) is 57.1 Å². The Morgan fingerprint density at radius 1 is 1.19 bits per heavy atom. The molecule has 1 rings (SSSR count). The van der Waals surface area contributed by atoms with Crippen LogP contribution in [0.3, 0.4) is 0 Å². The van der Waals surface area contributed by atoms with Gasteiger partial charge < -0.3 is 10.6 Å². The van der Waals surface area contributed by atoms with Gasteiger partial charge in [0, 0.05) is 19.6 Å². The first-order valence-electron chi connectivity index (χ1n) is 9.36. The predicted octanol–water partition coefficient (Wildman–Crippen LogP) is 3.38. The normalized spacial score (nSPS) is 13.0. The van der Waals surface area contributed by atoms with Crippen molar-refractivity contribution in [3.63, 3.8) is 0 Å². The van der Waals surface area contributed by atoms with E-state index in [1.54, 1.807) is 7.05 Å². The molecule has 0 fully saturated rings. The molecule has 0 aliphatic heterocycles. The molecule has 0 bridgehead atoms. The Labute approximate surface area is 182 Å². The molecule has 0 saturated heterocycles. The van der Waals surface area contributed by atoms with Crippen molar-refractivity contribution in [3.8, 4) is 0 Å². The highest BCUT2D eigenvalue weighted by Gasteiger charge is 2.09. The van der Waals surface area contributed by atoms with E-state index < -0.39 is 10.0 Å². The minimum atomic E-state index is -3.26. The van der Waals surface area contributed by atoms with E-state index >= 15 is 0 Å². The van der Waals surface area contributed by atoms with E-state index in [0.717, 1.165) is 23.5 Å². The van der Waals surface area contributed by atoms with E-state index in [9.17, 15) is 8.42 Å². The van der Waals surface area contributed by atoms with Crippen LogP contribution in [0.15, 0.2) is 29.3 Å². The molecule has 6 nitrogen and oxygen atoms in total. The van der Waals surface area contributed by atoms with Crippen LogP contribution < -0.4 is 15.4 Å². The maximum Gasteiger partial charge on any atom is 0.215 e. The SMILES string of the molecule is CCCCCCC(C)NC(=NC)NCc1cccc(CS(=O)(=O)NC)c1.I. The third-order valence-electron chi connectivity index (χ3n) is 4.22. The van der Waals surface area contributed by atoms with E-state index in [4.69, 9.17) is 0 Å². The molecule has 8 heteroatoms. The number of halogens is 1. The molecule has 0 aliphatic rings. The number of nitrogens with zero attached hydrogens (tertiary/aromatic N) is 1. The minimum absolute atomic E-state index is 0. The van der Waals surface area contributed by atoms with Crippen molar-refractivity contribution in [2.24, 2.45) is 4.99 Å². The summed E-state index contributed by atoms with van der Waals surface area (Å²) >= 11 is 0. The van der Waals surface area contributed by atoms with Gasteiger partial charge in [0.15, 0.2) is 5.96 Å². The zero-order valence-electron chi connectivity index (χ0n) is 16.9. The second kappa shape index (κ2) is 14.2. The van der Waals surface area contributed by atoms with Crippen molar-refractivity contribution in [1.29, 1.82) is 0 Å². The van der Waals surface area contributed by atoms with Gasteiger partial charge >= 0.3 is 0 Å². The quantitative estimate of drug-likeness (QED) is 0.185. The molecule has 1 aromatic rings. The maximum absolute atomic E-state index is 11.7. The predicted molar refractivity (Wildman–Crippen MR) is 125 cm³/mol. The van der Waals surface area contributed by atoms with Crippen LogP contribution in [0.4, 0.5) is 0 Å². The molecule has 0 aromatic heterocycles. The summed E-state index contributed by atoms with van der Waals surface area (Å²) in [5.41, 5.74) is 1.79. The van der Waals surface area contributed by atoms with Gasteiger partial charge in [0.1, 0.15) is 0 Å². The van der Waals surface area contributed by atoms with Crippen LogP contribution >= 0.6 is 24.0 Å². The van der Waals surface area contributed by atoms with Crippen LogP contribution in [-0.4, -0.2) is 34.5 Å². The number of sulfonamides is 1. The fourth-order valence-corrected chi connectivity index (χ4v) is 3.45. The lowest BCUT2D eigenvalue weighted by molar-refractivity contribution is 0.537. The molecular formula is C19H35IN4O2S. The van der Waals surface area contributed by atoms with Crippen molar-refractivity contribution in [2.45, 2.75) is 64.3 Å². The van der Waals surface area contributed by atoms with Gasteiger partial charge in [-0.15, -0.1) is 24.0 Å². The summed E-state index contributed by atoms with van der Waals surface area (Å²) in [5, 5.41) is 6.70. The van der Waals surface area contributed by atoms with Crippen LogP contribution in [0.2, 0.25) is 0 Å². The highest BCUT2D eigenvalue weighted by Crippen LogP contribution is 2.09. The summed E-state index contributed by atoms with van der Waals surface area (Å²) in [7, 11) is -0.0714. The van der Waals surface area contributed by atoms with Crippen molar-refractivity contribution in [1.82, 2.24) is 15.4 Å². The number of unbranched alkanes of at least 4 members (excludes halogenated alkanes) is 3. The Balaban J connectivity index is 0.00000676. The van der Waals surface area contributed by atoms with Crippen LogP contribution in [0.25, 0.3) is 0 Å². The van der Waals surface area contributed by atoms with Gasteiger partial charge in [0.2, 0.25) is 10.0 Å². The van der Waals surface area contributed by atoms with E-state index in [0.29, 0.717) is 12.6 Å². The average Bonchev–Trinajstić information content (AvgIpc) is 2.62. The first-order chi connectivity index (χ1) is 12.4. The molecule has 0 heterocycles. The fourth-order valence-electron chi connectivity index (χ4n) is 2.68. The number of guanidine groups is 1. The lowest BCUT2D eigenvalue weighted by atomic mass is 10.1. The summed E-state index contributed by atoms with van der Waals surface area (Å²) in [6, 6.07) is 7.95. The van der Waals surface area contributed by atoms with Crippen molar-refractivity contribution in [3.05, 3.63) is 35.4 Å². The second-order valence-corrected chi connectivity index (χ2v) is 8.53. The summed E-state index contributed by atoms with van der Waals surface area (Å²) in [4.78, 5) is 4.27. The fraction of sp³-hybridized carbons (Fsp3) is 0.632. The minimum Gasteiger partial charge on any atom is -0.354 e. The number of nitrogens with one attached hydrogen (secondary N) is 3. The summed E-state index contributed by atoms with van der Waals surface area (Å²) < 4.78 is 25.7. The number of aliphatic imine (C=N–C) groups is 1. The molecule has 1 unspecified atom stereocenters. The van der Waals surface area contributed by atoms with E-state index in [1.165, 1.54) is 32.7 Å². The largest absolute Gasteiger partial charge is 0.354 e. The molecule has 1 aromatic carbocycles. The Hall–Kier alpha value is -0.870. The van der Waals surface area contributed by atoms with E-state index in [-0.39, 0.29) is 29.7 Å². The number of hydrogen-bond acceptors (Lipinski definition) is 3. The van der Waals surface area contributed by atoms with Gasteiger partial charge in [0.05, 0.1) is 5.75 Å². The van der Waals surface area contributed by atoms with Gasteiger partial charge in [-0.3, -0.25) is 4.99 Å². The molecular weight excluding hydrogens is 475 g/mol. The molecule has 156 valence electrons. The van der Waals surface area contributed by atoms with E-state index in [1.807, 2.05) is 24.3 Å². The first-order valence-corrected chi connectivity index (χ1v) is 11.0. The first kappa shape index (κ1) is 26.1. The molecule has 27 heavy (non-hydrogen) atoms. The smallest absolute Gasteiger partial charge is 0.215 e. The molecule has 1 atom stereocenters. The molecule has 3 N–H and O–H groups in total. The molecule has 0 aliphatic carbocycles. The molecule has 0 spiro atoms. The van der Waals surface area contributed by atoms with Crippen LogP contribution in [-0.2, 0) is 22.3 Å². The Morgan fingerprint density at radius 2 is 1.89 bits per heavy atom. The summed E-state index contributed by atoms with van der Waals surface area (Å²) in [5.74, 6) is 0.750. The maximum atomic E-state index is 11.7. The number of benzene rings is 1. The van der Waals surface area contributed by atoms with Gasteiger partial charge in [0.25, 0.3) is 0 Å². The lowest BCUT2D eigenvalue weighted by Gasteiger charge is -2.18. The third-order valence-corrected chi connectivity index (χ3v) is 5.55. The summed E-state index contributed by atoms with van der Waals surface area (Å²) in [6.45, 7) is 4.98. The van der Waals surface area contributed by atoms with Gasteiger partial charge in [-0.25, -0.2) is 13.1 Å². The second-order valence-electron chi connectivity index (χ2n) is 6.60. The molecule has 0 radical (unpaired) electrons. The van der Waals surface area contributed by atoms with Crippen LogP contribution in [0.5, 0.6) is 0 Å². The highest BCUT2D eigenvalue weighted by molar-refractivity contribution is 14.0. The van der Waals surface area contributed by atoms with Gasteiger partial charge in [-0.1, -0.05) is 56.9 Å². The van der Waals surface area contributed by atoms with Gasteiger partial charge in [-0.2, -0.15) is 0 Å². The molecule has 0 amide bonds. The zero-order chi connectivity index (χ0) is 19.4. The van der Waals surface area contributed by atoms with Crippen molar-refractivity contribution >= 4 is 40.0 Å². The Morgan fingerprint density at radius 3 is 2.52 bits per heavy atom. The number of hydrogen-bond donors (Lipinski definition) is 3. The van der Waals surface area contributed by atoms with Crippen molar-refractivity contribution < 1.29 is 8.42 Å². The standard InChI is InChI=1S/C19H34N4O2S.HI/c1-5-6-7-8-10-16(2)23-19(20-3)22-14-17-11-9-12-18(13-17)15-26(24,25)21-4;/h9,11-13,16,21H,5-8,10,14-15H2,1-4H3,(H2,20,22,23);1H. The highest BCUT2D eigenvalue weighted by atomic mass is 127. The Kier molecular flexibility index (Phi) is 13.7. The third kappa shape index (κ3) is 11.5. The topological polar surface area (TPSA) is 82.6 Å². The zero-order valence-corrected chi connectivity index (χ0v) is 20.1. The van der Waals surface area contributed by atoms with Crippen molar-refractivity contribution in [2.75, 3.05) is 14.1 Å². The van der Waals surface area contributed by atoms with Crippen LogP contribution in [0, 0.1) is 0 Å².